The lowest BCUT2D eigenvalue weighted by Gasteiger charge is -2.36. The van der Waals surface area contributed by atoms with Crippen molar-refractivity contribution in [3.8, 4) is 5.75 Å². The van der Waals surface area contributed by atoms with E-state index in [1.807, 2.05) is 73.7 Å². The maximum absolute atomic E-state index is 12.6. The minimum absolute atomic E-state index is 0.0249. The smallest absolute Gasteiger partial charge is 0.253 e. The molecular formula is C28H30N4O3. The van der Waals surface area contributed by atoms with Gasteiger partial charge < -0.3 is 19.9 Å². The molecule has 0 spiro atoms. The van der Waals surface area contributed by atoms with Gasteiger partial charge in [0.2, 0.25) is 5.91 Å². The molecule has 1 aliphatic heterocycles. The van der Waals surface area contributed by atoms with Crippen molar-refractivity contribution >= 4 is 23.6 Å². The van der Waals surface area contributed by atoms with Gasteiger partial charge in [-0.3, -0.25) is 14.6 Å². The zero-order valence-corrected chi connectivity index (χ0v) is 19.9. The van der Waals surface area contributed by atoms with E-state index >= 15 is 0 Å². The average Bonchev–Trinajstić information content (AvgIpc) is 2.92. The van der Waals surface area contributed by atoms with E-state index < -0.39 is 0 Å². The van der Waals surface area contributed by atoms with Gasteiger partial charge in [-0.2, -0.15) is 0 Å². The average molecular weight is 471 g/mol. The molecule has 0 atom stereocenters. The number of amides is 2. The van der Waals surface area contributed by atoms with Crippen LogP contribution < -0.4 is 15.0 Å². The molecule has 0 aliphatic carbocycles. The summed E-state index contributed by atoms with van der Waals surface area (Å²) >= 11 is 0. The van der Waals surface area contributed by atoms with Crippen molar-refractivity contribution in [2.24, 2.45) is 0 Å². The molecule has 2 heterocycles. The molecule has 180 valence electrons. The monoisotopic (exact) mass is 470 g/mol. The normalized spacial score (nSPS) is 13.6. The maximum Gasteiger partial charge on any atom is 0.253 e. The van der Waals surface area contributed by atoms with E-state index in [2.05, 4.69) is 15.2 Å². The van der Waals surface area contributed by atoms with Crippen LogP contribution in [0.25, 0.3) is 6.08 Å². The Balaban J connectivity index is 1.20. The van der Waals surface area contributed by atoms with Gasteiger partial charge >= 0.3 is 0 Å². The molecule has 4 rings (SSSR count). The summed E-state index contributed by atoms with van der Waals surface area (Å²) < 4.78 is 5.86. The Morgan fingerprint density at radius 3 is 2.37 bits per heavy atom. The van der Waals surface area contributed by atoms with Gasteiger partial charge in [-0.1, -0.05) is 36.4 Å². The molecule has 3 aromatic rings. The van der Waals surface area contributed by atoms with E-state index in [0.29, 0.717) is 25.3 Å². The van der Waals surface area contributed by atoms with Gasteiger partial charge in [-0.15, -0.1) is 0 Å². The molecule has 1 saturated heterocycles. The highest BCUT2D eigenvalue weighted by atomic mass is 16.5. The first-order chi connectivity index (χ1) is 17.1. The van der Waals surface area contributed by atoms with Gasteiger partial charge in [0.05, 0.1) is 17.8 Å². The zero-order chi connectivity index (χ0) is 24.5. The highest BCUT2D eigenvalue weighted by Crippen LogP contribution is 2.21. The summed E-state index contributed by atoms with van der Waals surface area (Å²) in [4.78, 5) is 33.2. The van der Waals surface area contributed by atoms with E-state index in [1.54, 1.807) is 17.0 Å². The first-order valence-electron chi connectivity index (χ1n) is 11.8. The summed E-state index contributed by atoms with van der Waals surface area (Å²) in [5.74, 6) is 0.445. The summed E-state index contributed by atoms with van der Waals surface area (Å²) in [6, 6.07) is 21.6. The number of allylic oxidation sites excluding steroid dienone is 1. The summed E-state index contributed by atoms with van der Waals surface area (Å²) in [5.41, 5.74) is 3.46. The second-order valence-corrected chi connectivity index (χ2v) is 8.29. The van der Waals surface area contributed by atoms with Gasteiger partial charge in [-0.05, 0) is 55.0 Å². The van der Waals surface area contributed by atoms with Crippen LogP contribution in [0.4, 0.5) is 5.69 Å². The second-order valence-electron chi connectivity index (χ2n) is 8.29. The van der Waals surface area contributed by atoms with E-state index in [-0.39, 0.29) is 18.4 Å². The van der Waals surface area contributed by atoms with E-state index in [0.717, 1.165) is 35.8 Å². The predicted octanol–water partition coefficient (Wildman–Crippen LogP) is 3.77. The first kappa shape index (κ1) is 24.0. The highest BCUT2D eigenvalue weighted by molar-refractivity contribution is 5.96. The molecule has 0 bridgehead atoms. The predicted molar refractivity (Wildman–Crippen MR) is 137 cm³/mol. The van der Waals surface area contributed by atoms with Gasteiger partial charge in [0.25, 0.3) is 5.91 Å². The Morgan fingerprint density at radius 2 is 1.71 bits per heavy atom. The standard InChI is InChI=1S/C28H30N4O3/c1-2-6-24-10-9-23(19-29-24)28(34)30-20-27(33)32-17-15-31(16-18-32)25-11-13-26(14-12-25)35-21-22-7-4-3-5-8-22/h2-14,19H,15-18,20-21H2,1H3,(H,30,34). The fourth-order valence-corrected chi connectivity index (χ4v) is 3.89. The number of hydrogen-bond acceptors (Lipinski definition) is 5. The lowest BCUT2D eigenvalue weighted by Crippen LogP contribution is -2.51. The first-order valence-corrected chi connectivity index (χ1v) is 11.8. The summed E-state index contributed by atoms with van der Waals surface area (Å²) in [5, 5.41) is 2.70. The number of benzene rings is 2. The third kappa shape index (κ3) is 6.69. The number of piperazine rings is 1. The largest absolute Gasteiger partial charge is 0.489 e. The quantitative estimate of drug-likeness (QED) is 0.543. The van der Waals surface area contributed by atoms with Crippen molar-refractivity contribution in [2.45, 2.75) is 13.5 Å². The Bertz CT molecular complexity index is 1140. The van der Waals surface area contributed by atoms with Crippen LogP contribution >= 0.6 is 0 Å². The molecule has 0 unspecified atom stereocenters. The number of aromatic nitrogens is 1. The van der Waals surface area contributed by atoms with Gasteiger partial charge in [0, 0.05) is 38.1 Å². The molecule has 2 aromatic carbocycles. The number of ether oxygens (including phenoxy) is 1. The number of pyridine rings is 1. The van der Waals surface area contributed by atoms with Crippen LogP contribution in [0, 0.1) is 0 Å². The van der Waals surface area contributed by atoms with Gasteiger partial charge in [-0.25, -0.2) is 0 Å². The molecule has 7 nitrogen and oxygen atoms in total. The Hall–Kier alpha value is -4.13. The lowest BCUT2D eigenvalue weighted by molar-refractivity contribution is -0.130. The van der Waals surface area contributed by atoms with E-state index in [4.69, 9.17) is 4.74 Å². The second kappa shape index (κ2) is 11.8. The van der Waals surface area contributed by atoms with Crippen LogP contribution in [0.3, 0.4) is 0 Å². The minimum atomic E-state index is -0.300. The van der Waals surface area contributed by atoms with Crippen LogP contribution in [0.2, 0.25) is 0 Å². The molecule has 35 heavy (non-hydrogen) atoms. The molecule has 0 saturated carbocycles. The number of carbonyl (C=O) groups excluding carboxylic acids is 2. The fourth-order valence-electron chi connectivity index (χ4n) is 3.89. The molecule has 1 N–H and O–H groups in total. The maximum atomic E-state index is 12.6. The van der Waals surface area contributed by atoms with Gasteiger partial charge in [0.1, 0.15) is 12.4 Å². The topological polar surface area (TPSA) is 74.8 Å². The van der Waals surface area contributed by atoms with Crippen molar-refractivity contribution in [1.82, 2.24) is 15.2 Å². The van der Waals surface area contributed by atoms with E-state index in [1.165, 1.54) is 6.20 Å². The fraction of sp³-hybridized carbons (Fsp3) is 0.250. The van der Waals surface area contributed by atoms with Crippen LogP contribution in [0.5, 0.6) is 5.75 Å². The molecule has 7 heteroatoms. The number of rotatable bonds is 8. The molecule has 0 radical (unpaired) electrons. The van der Waals surface area contributed by atoms with Crippen molar-refractivity contribution in [1.29, 1.82) is 0 Å². The number of anilines is 1. The molecule has 1 fully saturated rings. The summed E-state index contributed by atoms with van der Waals surface area (Å²) in [6.07, 6.45) is 5.27. The van der Waals surface area contributed by atoms with Crippen molar-refractivity contribution in [3.63, 3.8) is 0 Å². The Kier molecular flexibility index (Phi) is 8.12. The number of carbonyl (C=O) groups is 2. The Morgan fingerprint density at radius 1 is 0.971 bits per heavy atom. The molecular weight excluding hydrogens is 440 g/mol. The number of nitrogens with zero attached hydrogens (tertiary/aromatic N) is 3. The Labute approximate surface area is 206 Å². The van der Waals surface area contributed by atoms with Crippen LogP contribution in [0.1, 0.15) is 28.5 Å². The van der Waals surface area contributed by atoms with Crippen molar-refractivity contribution < 1.29 is 14.3 Å². The van der Waals surface area contributed by atoms with Crippen molar-refractivity contribution in [3.05, 3.63) is 95.8 Å². The van der Waals surface area contributed by atoms with Crippen molar-refractivity contribution in [2.75, 3.05) is 37.6 Å². The zero-order valence-electron chi connectivity index (χ0n) is 19.9. The molecule has 2 amide bonds. The number of nitrogens with one attached hydrogen (secondary N) is 1. The number of hydrogen-bond donors (Lipinski definition) is 1. The summed E-state index contributed by atoms with van der Waals surface area (Å²) in [6.45, 7) is 5.12. The van der Waals surface area contributed by atoms with Gasteiger partial charge in [0.15, 0.2) is 0 Å². The van der Waals surface area contributed by atoms with Crippen LogP contribution in [-0.2, 0) is 11.4 Å². The van der Waals surface area contributed by atoms with Crippen LogP contribution in [-0.4, -0.2) is 54.4 Å². The van der Waals surface area contributed by atoms with Crippen LogP contribution in [0.15, 0.2) is 79.0 Å². The third-order valence-electron chi connectivity index (χ3n) is 5.87. The van der Waals surface area contributed by atoms with E-state index in [9.17, 15) is 9.59 Å². The minimum Gasteiger partial charge on any atom is -0.489 e. The summed E-state index contributed by atoms with van der Waals surface area (Å²) in [7, 11) is 0. The molecule has 1 aliphatic rings. The molecule has 1 aromatic heterocycles. The highest BCUT2D eigenvalue weighted by Gasteiger charge is 2.22. The SMILES string of the molecule is CC=Cc1ccc(C(=O)NCC(=O)N2CCN(c3ccc(OCc4ccccc4)cc3)CC2)cn1. The third-order valence-corrected chi connectivity index (χ3v) is 5.87. The lowest BCUT2D eigenvalue weighted by atomic mass is 10.2.